The van der Waals surface area contributed by atoms with Crippen LogP contribution in [0.1, 0.15) is 35.1 Å². The van der Waals surface area contributed by atoms with Crippen LogP contribution in [0.25, 0.3) is 0 Å². The van der Waals surface area contributed by atoms with Gasteiger partial charge in [-0.1, -0.05) is 18.2 Å². The fraction of sp³-hybridized carbons (Fsp3) is 0.300. The number of imidazole rings is 1. The number of rotatable bonds is 4. The largest absolute Gasteiger partial charge is 0.437 e. The predicted octanol–water partition coefficient (Wildman–Crippen LogP) is 3.02. The van der Waals surface area contributed by atoms with E-state index in [-0.39, 0.29) is 11.8 Å². The van der Waals surface area contributed by atoms with Crippen molar-refractivity contribution in [2.45, 2.75) is 18.8 Å². The average Bonchev–Trinajstić information content (AvgIpc) is 3.15. The number of likely N-dealkylation sites (tertiary alicyclic amines) is 1. The van der Waals surface area contributed by atoms with Gasteiger partial charge in [-0.2, -0.15) is 0 Å². The van der Waals surface area contributed by atoms with E-state index in [1.807, 2.05) is 42.3 Å². The Hall–Kier alpha value is -3.22. The number of hydrogen-bond acceptors (Lipinski definition) is 5. The molecule has 2 aromatic heterocycles. The maximum absolute atomic E-state index is 12.6. The molecule has 0 aliphatic carbocycles. The Labute approximate surface area is 157 Å². The zero-order chi connectivity index (χ0) is 18.6. The van der Waals surface area contributed by atoms with Gasteiger partial charge in [-0.05, 0) is 25.0 Å². The van der Waals surface area contributed by atoms with Gasteiger partial charge in [0.05, 0.1) is 0 Å². The fourth-order valence-electron chi connectivity index (χ4n) is 3.36. The Morgan fingerprint density at radius 1 is 1.04 bits per heavy atom. The molecule has 1 fully saturated rings. The van der Waals surface area contributed by atoms with Crippen molar-refractivity contribution in [3.63, 3.8) is 0 Å². The van der Waals surface area contributed by atoms with Crippen molar-refractivity contribution in [2.75, 3.05) is 13.1 Å². The lowest BCUT2D eigenvalue weighted by Crippen LogP contribution is -2.39. The Morgan fingerprint density at radius 3 is 2.48 bits per heavy atom. The predicted molar refractivity (Wildman–Crippen MR) is 99.6 cm³/mol. The van der Waals surface area contributed by atoms with Gasteiger partial charge in [0.2, 0.25) is 5.88 Å². The molecule has 7 heteroatoms. The monoisotopic (exact) mass is 363 g/mol. The van der Waals surface area contributed by atoms with Gasteiger partial charge in [0.15, 0.2) is 5.82 Å². The van der Waals surface area contributed by atoms with Crippen molar-refractivity contribution in [3.05, 3.63) is 66.6 Å². The third-order valence-electron chi connectivity index (χ3n) is 4.83. The normalized spacial score (nSPS) is 14.9. The zero-order valence-corrected chi connectivity index (χ0v) is 15.2. The van der Waals surface area contributed by atoms with Crippen molar-refractivity contribution in [3.8, 4) is 11.6 Å². The van der Waals surface area contributed by atoms with Gasteiger partial charge in [0, 0.05) is 50.8 Å². The first-order valence-corrected chi connectivity index (χ1v) is 9.03. The molecule has 1 amide bonds. The minimum absolute atomic E-state index is 0.0270. The van der Waals surface area contributed by atoms with Crippen LogP contribution in [-0.2, 0) is 7.05 Å². The molecule has 1 aliphatic rings. The summed E-state index contributed by atoms with van der Waals surface area (Å²) >= 11 is 0. The van der Waals surface area contributed by atoms with Crippen LogP contribution < -0.4 is 4.74 Å². The number of hydrogen-bond donors (Lipinski definition) is 0. The molecule has 0 unspecified atom stereocenters. The van der Waals surface area contributed by atoms with Crippen LogP contribution in [-0.4, -0.2) is 43.4 Å². The molecule has 4 rings (SSSR count). The smallest absolute Gasteiger partial charge is 0.289 e. The van der Waals surface area contributed by atoms with E-state index in [2.05, 4.69) is 15.0 Å². The number of aryl methyl sites for hydroxylation is 1. The number of amides is 1. The van der Waals surface area contributed by atoms with Crippen molar-refractivity contribution < 1.29 is 9.53 Å². The molecule has 3 aromatic rings. The summed E-state index contributed by atoms with van der Waals surface area (Å²) in [6, 6.07) is 9.58. The summed E-state index contributed by atoms with van der Waals surface area (Å²) in [5.74, 6) is 1.93. The molecule has 7 nitrogen and oxygen atoms in total. The highest BCUT2D eigenvalue weighted by Crippen LogP contribution is 2.33. The van der Waals surface area contributed by atoms with Gasteiger partial charge in [-0.25, -0.2) is 9.97 Å². The van der Waals surface area contributed by atoms with Crippen LogP contribution in [0.5, 0.6) is 11.6 Å². The van der Waals surface area contributed by atoms with Crippen molar-refractivity contribution in [1.29, 1.82) is 0 Å². The molecule has 0 bridgehead atoms. The number of para-hydroxylation sites is 1. The number of carbonyl (C=O) groups is 1. The molecule has 0 saturated carbocycles. The fourth-order valence-corrected chi connectivity index (χ4v) is 3.36. The van der Waals surface area contributed by atoms with Crippen LogP contribution >= 0.6 is 0 Å². The van der Waals surface area contributed by atoms with E-state index >= 15 is 0 Å². The Morgan fingerprint density at radius 2 is 1.78 bits per heavy atom. The molecule has 3 heterocycles. The van der Waals surface area contributed by atoms with E-state index in [1.54, 1.807) is 29.4 Å². The Kier molecular flexibility index (Phi) is 4.82. The van der Waals surface area contributed by atoms with Crippen LogP contribution in [0.4, 0.5) is 0 Å². The quantitative estimate of drug-likeness (QED) is 0.712. The molecule has 1 aliphatic heterocycles. The number of carbonyl (C=O) groups excluding carboxylic acids is 1. The maximum Gasteiger partial charge on any atom is 0.289 e. The van der Waals surface area contributed by atoms with Gasteiger partial charge < -0.3 is 14.2 Å². The molecule has 27 heavy (non-hydrogen) atoms. The zero-order valence-electron chi connectivity index (χ0n) is 15.2. The number of ether oxygens (including phenoxy) is 1. The summed E-state index contributed by atoms with van der Waals surface area (Å²) in [4.78, 5) is 27.5. The Balaban J connectivity index is 1.46. The average molecular weight is 363 g/mol. The second-order valence-electron chi connectivity index (χ2n) is 6.59. The van der Waals surface area contributed by atoms with E-state index < -0.39 is 0 Å². The second-order valence-corrected chi connectivity index (χ2v) is 6.59. The standard InChI is InChI=1S/C20H21N5O2/c1-24-14-11-22-18(24)20(26)25-12-7-15(8-13-25)17-19(23-10-9-21-17)27-16-5-3-2-4-6-16/h2-6,9-11,14-15H,7-8,12-13H2,1H3. The first-order chi connectivity index (χ1) is 13.2. The third-order valence-corrected chi connectivity index (χ3v) is 4.83. The molecular weight excluding hydrogens is 342 g/mol. The summed E-state index contributed by atoms with van der Waals surface area (Å²) in [6.45, 7) is 1.33. The highest BCUT2D eigenvalue weighted by Gasteiger charge is 2.29. The summed E-state index contributed by atoms with van der Waals surface area (Å²) in [5.41, 5.74) is 0.852. The highest BCUT2D eigenvalue weighted by atomic mass is 16.5. The van der Waals surface area contributed by atoms with Gasteiger partial charge in [0.1, 0.15) is 11.4 Å². The van der Waals surface area contributed by atoms with Gasteiger partial charge in [-0.15, -0.1) is 0 Å². The minimum Gasteiger partial charge on any atom is -0.437 e. The minimum atomic E-state index is -0.0270. The summed E-state index contributed by atoms with van der Waals surface area (Å²) < 4.78 is 7.70. The summed E-state index contributed by atoms with van der Waals surface area (Å²) in [6.07, 6.45) is 8.40. The van der Waals surface area contributed by atoms with Gasteiger partial charge in [-0.3, -0.25) is 9.78 Å². The molecule has 1 aromatic carbocycles. The molecule has 138 valence electrons. The lowest BCUT2D eigenvalue weighted by Gasteiger charge is -2.31. The first kappa shape index (κ1) is 17.2. The highest BCUT2D eigenvalue weighted by molar-refractivity contribution is 5.90. The SMILES string of the molecule is Cn1ccnc1C(=O)N1CCC(c2nccnc2Oc2ccccc2)CC1. The van der Waals surface area contributed by atoms with Crippen LogP contribution in [0.2, 0.25) is 0 Å². The molecule has 0 radical (unpaired) electrons. The number of benzene rings is 1. The maximum atomic E-state index is 12.6. The third kappa shape index (κ3) is 3.67. The Bertz CT molecular complexity index is 917. The number of nitrogens with zero attached hydrogens (tertiary/aromatic N) is 5. The van der Waals surface area contributed by atoms with Crippen molar-refractivity contribution in [1.82, 2.24) is 24.4 Å². The topological polar surface area (TPSA) is 73.1 Å². The second kappa shape index (κ2) is 7.57. The van der Waals surface area contributed by atoms with Gasteiger partial charge in [0.25, 0.3) is 5.91 Å². The molecular formula is C20H21N5O2. The van der Waals surface area contributed by atoms with E-state index in [1.165, 1.54) is 0 Å². The lowest BCUT2D eigenvalue weighted by molar-refractivity contribution is 0.0695. The van der Waals surface area contributed by atoms with E-state index in [0.717, 1.165) is 24.3 Å². The molecule has 0 atom stereocenters. The molecule has 0 N–H and O–H groups in total. The van der Waals surface area contributed by atoms with E-state index in [9.17, 15) is 4.79 Å². The van der Waals surface area contributed by atoms with Gasteiger partial charge >= 0.3 is 0 Å². The van der Waals surface area contributed by atoms with Crippen molar-refractivity contribution in [2.24, 2.45) is 7.05 Å². The van der Waals surface area contributed by atoms with E-state index in [0.29, 0.717) is 24.8 Å². The van der Waals surface area contributed by atoms with Crippen molar-refractivity contribution >= 4 is 5.91 Å². The summed E-state index contributed by atoms with van der Waals surface area (Å²) in [5, 5.41) is 0. The van der Waals surface area contributed by atoms with Crippen LogP contribution in [0, 0.1) is 0 Å². The van der Waals surface area contributed by atoms with Crippen LogP contribution in [0.3, 0.4) is 0 Å². The summed E-state index contributed by atoms with van der Waals surface area (Å²) in [7, 11) is 1.83. The molecule has 1 saturated heterocycles. The van der Waals surface area contributed by atoms with Crippen LogP contribution in [0.15, 0.2) is 55.1 Å². The number of piperidine rings is 1. The first-order valence-electron chi connectivity index (χ1n) is 9.03. The number of aromatic nitrogens is 4. The lowest BCUT2D eigenvalue weighted by atomic mass is 9.93. The molecule has 0 spiro atoms. The van der Waals surface area contributed by atoms with E-state index in [4.69, 9.17) is 4.74 Å².